The van der Waals surface area contributed by atoms with Gasteiger partial charge in [0.25, 0.3) is 0 Å². The summed E-state index contributed by atoms with van der Waals surface area (Å²) in [5.74, 6) is 1.79. The lowest BCUT2D eigenvalue weighted by Gasteiger charge is -2.13. The number of nitrogens with zero attached hydrogens (tertiary/aromatic N) is 1. The minimum absolute atomic E-state index is 0.0991. The highest BCUT2D eigenvalue weighted by molar-refractivity contribution is 5.50. The maximum Gasteiger partial charge on any atom is 0.144 e. The number of ether oxygens (including phenoxy) is 2. The summed E-state index contributed by atoms with van der Waals surface area (Å²) in [6.45, 7) is 4.31. The first-order chi connectivity index (χ1) is 7.54. The van der Waals surface area contributed by atoms with Crippen LogP contribution in [0.15, 0.2) is 12.4 Å². The van der Waals surface area contributed by atoms with Gasteiger partial charge in [-0.1, -0.05) is 13.8 Å². The lowest BCUT2D eigenvalue weighted by atomic mass is 10.0. The van der Waals surface area contributed by atoms with Crippen molar-refractivity contribution in [2.45, 2.75) is 25.8 Å². The summed E-state index contributed by atoms with van der Waals surface area (Å²) in [6, 6.07) is 0.151. The number of hydrogen-bond acceptors (Lipinski definition) is 4. The van der Waals surface area contributed by atoms with Crippen LogP contribution in [0, 0.1) is 5.41 Å². The molecule has 1 saturated carbocycles. The fourth-order valence-electron chi connectivity index (χ4n) is 2.29. The van der Waals surface area contributed by atoms with E-state index in [4.69, 9.17) is 15.2 Å². The van der Waals surface area contributed by atoms with Crippen LogP contribution in [-0.4, -0.2) is 25.2 Å². The summed E-state index contributed by atoms with van der Waals surface area (Å²) >= 11 is 0. The number of methoxy groups -OCH3 is 2. The fourth-order valence-corrected chi connectivity index (χ4v) is 2.29. The van der Waals surface area contributed by atoms with Crippen LogP contribution in [0.2, 0.25) is 0 Å². The van der Waals surface area contributed by atoms with Crippen LogP contribution in [0.4, 0.5) is 0 Å². The van der Waals surface area contributed by atoms with Gasteiger partial charge in [-0.3, -0.25) is 4.98 Å². The van der Waals surface area contributed by atoms with Gasteiger partial charge in [0.05, 0.1) is 26.6 Å². The van der Waals surface area contributed by atoms with Crippen LogP contribution in [-0.2, 0) is 0 Å². The van der Waals surface area contributed by atoms with Gasteiger partial charge in [-0.15, -0.1) is 0 Å². The van der Waals surface area contributed by atoms with Gasteiger partial charge in [0.15, 0.2) is 0 Å². The molecule has 1 aromatic heterocycles. The monoisotopic (exact) mass is 222 g/mol. The molecule has 0 saturated heterocycles. The average Bonchev–Trinajstić information content (AvgIpc) is 2.77. The zero-order valence-electron chi connectivity index (χ0n) is 10.2. The van der Waals surface area contributed by atoms with Crippen molar-refractivity contribution in [2.75, 3.05) is 14.2 Å². The first-order valence-electron chi connectivity index (χ1n) is 5.35. The van der Waals surface area contributed by atoms with Gasteiger partial charge < -0.3 is 15.2 Å². The minimum atomic E-state index is 0.0991. The first kappa shape index (κ1) is 11.2. The molecular formula is C12H18N2O2. The molecule has 0 aromatic carbocycles. The van der Waals surface area contributed by atoms with E-state index >= 15 is 0 Å². The van der Waals surface area contributed by atoms with Crippen LogP contribution in [0.3, 0.4) is 0 Å². The third-order valence-corrected chi connectivity index (χ3v) is 3.58. The molecule has 1 heterocycles. The molecule has 2 N–H and O–H groups in total. The lowest BCUT2D eigenvalue weighted by molar-refractivity contribution is 0.379. The van der Waals surface area contributed by atoms with E-state index in [-0.39, 0.29) is 17.4 Å². The Morgan fingerprint density at radius 3 is 1.94 bits per heavy atom. The predicted molar refractivity (Wildman–Crippen MR) is 61.8 cm³/mol. The quantitative estimate of drug-likeness (QED) is 0.843. The van der Waals surface area contributed by atoms with Crippen molar-refractivity contribution in [3.8, 4) is 11.5 Å². The van der Waals surface area contributed by atoms with E-state index in [9.17, 15) is 0 Å². The molecule has 4 heteroatoms. The molecule has 0 spiro atoms. The second kappa shape index (κ2) is 3.63. The molecule has 1 aliphatic carbocycles. The van der Waals surface area contributed by atoms with E-state index in [2.05, 4.69) is 18.8 Å². The van der Waals surface area contributed by atoms with E-state index in [0.29, 0.717) is 0 Å². The topological polar surface area (TPSA) is 57.4 Å². The van der Waals surface area contributed by atoms with E-state index in [1.54, 1.807) is 26.6 Å². The van der Waals surface area contributed by atoms with E-state index in [1.165, 1.54) is 0 Å². The highest BCUT2D eigenvalue weighted by Crippen LogP contribution is 2.60. The Balaban J connectivity index is 2.47. The zero-order chi connectivity index (χ0) is 11.9. The maximum absolute atomic E-state index is 6.09. The van der Waals surface area contributed by atoms with Crippen LogP contribution in [0.1, 0.15) is 25.3 Å². The largest absolute Gasteiger partial charge is 0.495 e. The van der Waals surface area contributed by atoms with Crippen molar-refractivity contribution < 1.29 is 9.47 Å². The van der Waals surface area contributed by atoms with E-state index in [0.717, 1.165) is 17.1 Å². The molecule has 16 heavy (non-hydrogen) atoms. The molecular weight excluding hydrogens is 204 g/mol. The number of pyridine rings is 1. The Kier molecular flexibility index (Phi) is 2.54. The van der Waals surface area contributed by atoms with Gasteiger partial charge >= 0.3 is 0 Å². The highest BCUT2D eigenvalue weighted by atomic mass is 16.5. The molecule has 0 aliphatic heterocycles. The Bertz CT molecular complexity index is 382. The number of aromatic nitrogens is 1. The van der Waals surface area contributed by atoms with Crippen molar-refractivity contribution in [1.82, 2.24) is 4.98 Å². The van der Waals surface area contributed by atoms with Crippen molar-refractivity contribution in [2.24, 2.45) is 11.1 Å². The third kappa shape index (κ3) is 1.45. The van der Waals surface area contributed by atoms with Crippen molar-refractivity contribution in [3.05, 3.63) is 18.0 Å². The van der Waals surface area contributed by atoms with Gasteiger partial charge in [0.2, 0.25) is 0 Å². The maximum atomic E-state index is 6.09. The zero-order valence-corrected chi connectivity index (χ0v) is 10.2. The molecule has 2 atom stereocenters. The van der Waals surface area contributed by atoms with Gasteiger partial charge in [0.1, 0.15) is 11.5 Å². The lowest BCUT2D eigenvalue weighted by Crippen LogP contribution is -2.06. The van der Waals surface area contributed by atoms with E-state index in [1.807, 2.05) is 0 Å². The smallest absolute Gasteiger partial charge is 0.144 e. The van der Waals surface area contributed by atoms with Crippen molar-refractivity contribution in [3.63, 3.8) is 0 Å². The Hall–Kier alpha value is -1.29. The van der Waals surface area contributed by atoms with Crippen LogP contribution >= 0.6 is 0 Å². The minimum Gasteiger partial charge on any atom is -0.495 e. The summed E-state index contributed by atoms with van der Waals surface area (Å²) in [5, 5.41) is 0. The molecule has 0 bridgehead atoms. The third-order valence-electron chi connectivity index (χ3n) is 3.58. The van der Waals surface area contributed by atoms with Gasteiger partial charge in [-0.25, -0.2) is 0 Å². The molecule has 0 radical (unpaired) electrons. The molecule has 88 valence electrons. The summed E-state index contributed by atoms with van der Waals surface area (Å²) in [5.41, 5.74) is 7.23. The summed E-state index contributed by atoms with van der Waals surface area (Å²) < 4.78 is 10.7. The highest BCUT2D eigenvalue weighted by Gasteiger charge is 2.58. The van der Waals surface area contributed by atoms with Crippen molar-refractivity contribution in [1.29, 1.82) is 0 Å². The standard InChI is InChI=1S/C12H18N2O2/c1-12(2)10(11(12)13)9-7(15-3)5-14-6-8(9)16-4/h5-6,10-11H,13H2,1-4H3. The molecule has 1 aromatic rings. The SMILES string of the molecule is COc1cncc(OC)c1C1C(N)C1(C)C. The summed E-state index contributed by atoms with van der Waals surface area (Å²) in [4.78, 5) is 4.08. The molecule has 0 amide bonds. The predicted octanol–water partition coefficient (Wildman–Crippen LogP) is 1.55. The molecule has 1 aliphatic rings. The average molecular weight is 222 g/mol. The van der Waals surface area contributed by atoms with Gasteiger partial charge in [-0.05, 0) is 5.41 Å². The second-order valence-corrected chi connectivity index (χ2v) is 4.78. The number of rotatable bonds is 3. The van der Waals surface area contributed by atoms with Crippen LogP contribution in [0.25, 0.3) is 0 Å². The van der Waals surface area contributed by atoms with Gasteiger partial charge in [0, 0.05) is 17.5 Å². The van der Waals surface area contributed by atoms with E-state index < -0.39 is 0 Å². The molecule has 4 nitrogen and oxygen atoms in total. The normalized spacial score (nSPS) is 26.3. The second-order valence-electron chi connectivity index (χ2n) is 4.78. The van der Waals surface area contributed by atoms with Gasteiger partial charge in [-0.2, -0.15) is 0 Å². The Morgan fingerprint density at radius 1 is 1.19 bits per heavy atom. The van der Waals surface area contributed by atoms with Crippen molar-refractivity contribution >= 4 is 0 Å². The number of nitrogens with two attached hydrogens (primary N) is 1. The molecule has 2 unspecified atom stereocenters. The summed E-state index contributed by atoms with van der Waals surface area (Å²) in [6.07, 6.45) is 3.41. The molecule has 1 fully saturated rings. The van der Waals surface area contributed by atoms with Crippen LogP contribution < -0.4 is 15.2 Å². The number of hydrogen-bond donors (Lipinski definition) is 1. The fraction of sp³-hybridized carbons (Fsp3) is 0.583. The van der Waals surface area contributed by atoms with Crippen LogP contribution in [0.5, 0.6) is 11.5 Å². The first-order valence-corrected chi connectivity index (χ1v) is 5.35. The Labute approximate surface area is 95.8 Å². The molecule has 2 rings (SSSR count). The summed E-state index contributed by atoms with van der Waals surface area (Å²) in [7, 11) is 3.28. The Morgan fingerprint density at radius 2 is 1.62 bits per heavy atom.